The van der Waals surface area contributed by atoms with E-state index in [1.165, 1.54) is 0 Å². The van der Waals surface area contributed by atoms with E-state index in [9.17, 15) is 0 Å². The highest BCUT2D eigenvalue weighted by Gasteiger charge is 2.29. The average Bonchev–Trinajstić information content (AvgIpc) is 1.82. The van der Waals surface area contributed by atoms with Crippen molar-refractivity contribution in [3.63, 3.8) is 0 Å². The van der Waals surface area contributed by atoms with Crippen molar-refractivity contribution in [2.75, 3.05) is 5.73 Å². The predicted molar refractivity (Wildman–Crippen MR) is 54.8 cm³/mol. The van der Waals surface area contributed by atoms with Crippen LogP contribution in [0, 0.1) is 0 Å². The van der Waals surface area contributed by atoms with E-state index in [1.54, 1.807) is 24.3 Å². The van der Waals surface area contributed by atoms with Crippen molar-refractivity contribution in [2.24, 2.45) is 0 Å². The van der Waals surface area contributed by atoms with Crippen LogP contribution >= 0.6 is 33.2 Å². The predicted octanol–water partition coefficient (Wildman–Crippen LogP) is 2.80. The molecule has 0 heterocycles. The van der Waals surface area contributed by atoms with E-state index in [4.69, 9.17) is 43.4 Å². The highest BCUT2D eigenvalue weighted by molar-refractivity contribution is 7.62. The van der Waals surface area contributed by atoms with Crippen LogP contribution < -0.4 is 10.2 Å². The lowest BCUT2D eigenvalue weighted by Gasteiger charge is -2.11. The average molecular weight is 243 g/mol. The van der Waals surface area contributed by atoms with Crippen LogP contribution in [0.25, 0.3) is 0 Å². The Morgan fingerprint density at radius 2 is 1.92 bits per heavy atom. The molecule has 0 aliphatic rings. The highest BCUT2D eigenvalue weighted by Crippen LogP contribution is 2.26. The summed E-state index contributed by atoms with van der Waals surface area (Å²) in [7, 11) is 0. The Labute approximate surface area is 85.4 Å². The van der Waals surface area contributed by atoms with Gasteiger partial charge in [-0.3, -0.25) is 0 Å². The molecule has 0 aliphatic carbocycles. The zero-order chi connectivity index (χ0) is 9.19. The molecule has 1 aromatic carbocycles. The van der Waals surface area contributed by atoms with Gasteiger partial charge < -0.3 is 10.2 Å². The summed E-state index contributed by atoms with van der Waals surface area (Å²) in [5, 5.41) is 0. The molecule has 0 saturated carbocycles. The first kappa shape index (κ1) is 9.99. The van der Waals surface area contributed by atoms with E-state index >= 15 is 0 Å². The van der Waals surface area contributed by atoms with Crippen molar-refractivity contribution in [1.29, 1.82) is 0 Å². The molecule has 0 atom stereocenters. The highest BCUT2D eigenvalue weighted by atomic mass is 35.8. The third kappa shape index (κ3) is 3.54. The van der Waals surface area contributed by atoms with Gasteiger partial charge in [-0.05, 0) is 12.1 Å². The quantitative estimate of drug-likeness (QED) is 0.492. The summed E-state index contributed by atoms with van der Waals surface area (Å²) in [6, 6.07) is 6.75. The second-order valence-corrected chi connectivity index (χ2v) is 9.75. The molecule has 1 rings (SSSR count). The maximum absolute atomic E-state index is 5.53. The number of hydrogen-bond acceptors (Lipinski definition) is 2. The van der Waals surface area contributed by atoms with Gasteiger partial charge in [-0.15, -0.1) is 0 Å². The van der Waals surface area contributed by atoms with Gasteiger partial charge in [0.15, 0.2) is 0 Å². The van der Waals surface area contributed by atoms with Gasteiger partial charge in [0.05, 0.1) is 0 Å². The molecule has 0 aromatic heterocycles. The minimum absolute atomic E-state index is 0.488. The number of halogens is 3. The van der Waals surface area contributed by atoms with Crippen LogP contribution in [-0.2, 0) is 0 Å². The Morgan fingerprint density at radius 1 is 1.25 bits per heavy atom. The van der Waals surface area contributed by atoms with Gasteiger partial charge in [-0.2, -0.15) is 0 Å². The molecule has 0 radical (unpaired) electrons. The van der Waals surface area contributed by atoms with Crippen molar-refractivity contribution >= 4 is 45.2 Å². The molecule has 0 bridgehead atoms. The fourth-order valence-electron chi connectivity index (χ4n) is 0.712. The maximum Gasteiger partial charge on any atom is 0.555 e. The first-order valence-electron chi connectivity index (χ1n) is 3.09. The molecule has 2 N–H and O–H groups in total. The van der Waals surface area contributed by atoms with Crippen molar-refractivity contribution < 1.29 is 4.43 Å². The number of nitrogens with two attached hydrogens (primary N) is 1. The van der Waals surface area contributed by atoms with Crippen LogP contribution in [0.3, 0.4) is 0 Å². The normalized spacial score (nSPS) is 11.2. The Hall–Kier alpha value is -0.0931. The molecule has 0 saturated heterocycles. The lowest BCUT2D eigenvalue weighted by atomic mass is 10.3. The van der Waals surface area contributed by atoms with Crippen molar-refractivity contribution in [3.05, 3.63) is 24.3 Å². The van der Waals surface area contributed by atoms with Gasteiger partial charge >= 0.3 is 6.25 Å². The standard InChI is InChI=1S/C6H6Cl3NOSi/c7-12(8,9)11-6-3-1-2-5(10)4-6/h1-4H,10H2. The number of benzene rings is 1. The fraction of sp³-hybridized carbons (Fsp3) is 0. The van der Waals surface area contributed by atoms with Gasteiger partial charge in [0.2, 0.25) is 0 Å². The van der Waals surface area contributed by atoms with E-state index in [2.05, 4.69) is 0 Å². The lowest BCUT2D eigenvalue weighted by Crippen LogP contribution is -2.20. The van der Waals surface area contributed by atoms with Gasteiger partial charge in [-0.25, -0.2) is 0 Å². The second-order valence-electron chi connectivity index (χ2n) is 2.12. The lowest BCUT2D eigenvalue weighted by molar-refractivity contribution is 0.597. The molecule has 0 spiro atoms. The van der Waals surface area contributed by atoms with Gasteiger partial charge in [0.25, 0.3) is 0 Å². The van der Waals surface area contributed by atoms with Gasteiger partial charge in [0, 0.05) is 11.8 Å². The molecule has 12 heavy (non-hydrogen) atoms. The SMILES string of the molecule is Nc1cccc(O[Si](Cl)(Cl)Cl)c1. The summed E-state index contributed by atoms with van der Waals surface area (Å²) < 4.78 is 5.04. The number of anilines is 1. The van der Waals surface area contributed by atoms with Crippen molar-refractivity contribution in [1.82, 2.24) is 0 Å². The second kappa shape index (κ2) is 3.74. The molecular formula is C6H6Cl3NOSi. The Morgan fingerprint density at radius 3 is 2.42 bits per heavy atom. The van der Waals surface area contributed by atoms with E-state index in [1.807, 2.05) is 0 Å². The summed E-state index contributed by atoms with van der Waals surface area (Å²) in [5.74, 6) is 0.488. The van der Waals surface area contributed by atoms with Crippen LogP contribution in [0.5, 0.6) is 5.75 Å². The molecular weight excluding hydrogens is 237 g/mol. The summed E-state index contributed by atoms with van der Waals surface area (Å²) in [5.41, 5.74) is 6.06. The van der Waals surface area contributed by atoms with Crippen LogP contribution in [0.4, 0.5) is 5.69 Å². The first-order valence-corrected chi connectivity index (χ1v) is 8.03. The van der Waals surface area contributed by atoms with Crippen LogP contribution in [0.1, 0.15) is 0 Å². The molecule has 0 aliphatic heterocycles. The topological polar surface area (TPSA) is 35.2 Å². The summed E-state index contributed by atoms with van der Waals surface area (Å²) in [6.07, 6.45) is -3.06. The summed E-state index contributed by atoms with van der Waals surface area (Å²) in [4.78, 5) is 0. The van der Waals surface area contributed by atoms with Crippen molar-refractivity contribution in [3.8, 4) is 5.75 Å². The number of hydrogen-bond donors (Lipinski definition) is 1. The van der Waals surface area contributed by atoms with Gasteiger partial charge in [0.1, 0.15) is 5.75 Å². The van der Waals surface area contributed by atoms with E-state index in [0.29, 0.717) is 11.4 Å². The third-order valence-corrected chi connectivity index (χ3v) is 2.25. The summed E-state index contributed by atoms with van der Waals surface area (Å²) >= 11 is 16.6. The third-order valence-electron chi connectivity index (χ3n) is 1.09. The molecule has 6 heteroatoms. The smallest absolute Gasteiger partial charge is 0.508 e. The molecule has 0 fully saturated rings. The summed E-state index contributed by atoms with van der Waals surface area (Å²) in [6.45, 7) is 0. The van der Waals surface area contributed by atoms with Crippen LogP contribution in [0.15, 0.2) is 24.3 Å². The van der Waals surface area contributed by atoms with Crippen LogP contribution in [-0.4, -0.2) is 6.25 Å². The largest absolute Gasteiger partial charge is 0.555 e. The Bertz CT molecular complexity index is 276. The Kier molecular flexibility index (Phi) is 3.12. The molecule has 0 amide bonds. The number of rotatable bonds is 2. The minimum Gasteiger partial charge on any atom is -0.508 e. The zero-order valence-electron chi connectivity index (χ0n) is 5.93. The Balaban J connectivity index is 2.77. The molecule has 1 aromatic rings. The molecule has 66 valence electrons. The van der Waals surface area contributed by atoms with E-state index in [0.717, 1.165) is 0 Å². The maximum atomic E-state index is 5.53. The van der Waals surface area contributed by atoms with Crippen molar-refractivity contribution in [2.45, 2.75) is 0 Å². The molecule has 2 nitrogen and oxygen atoms in total. The van der Waals surface area contributed by atoms with E-state index in [-0.39, 0.29) is 0 Å². The zero-order valence-corrected chi connectivity index (χ0v) is 9.20. The van der Waals surface area contributed by atoms with Gasteiger partial charge in [-0.1, -0.05) is 39.3 Å². The number of nitrogen functional groups attached to an aromatic ring is 1. The van der Waals surface area contributed by atoms with E-state index < -0.39 is 6.25 Å². The minimum atomic E-state index is -3.06. The van der Waals surface area contributed by atoms with Crippen LogP contribution in [0.2, 0.25) is 0 Å². The monoisotopic (exact) mass is 241 g/mol. The first-order chi connectivity index (χ1) is 5.47. The fourth-order valence-corrected chi connectivity index (χ4v) is 1.91. The molecule has 0 unspecified atom stereocenters.